The zero-order valence-corrected chi connectivity index (χ0v) is 19.3. The number of halogens is 1. The molecule has 0 saturated heterocycles. The molecule has 1 atom stereocenters. The number of nitrogens with two attached hydrogens (primary N) is 1. The number of guanidine groups is 1. The van der Waals surface area contributed by atoms with Gasteiger partial charge in [-0.15, -0.1) is 24.0 Å². The molecule has 0 amide bonds. The SMILES string of the molecule is COc1ccc(CN=C(N)NCC(Cc2ccccc2)N(C)C)cc1OC.I. The fourth-order valence-corrected chi connectivity index (χ4v) is 2.76. The van der Waals surface area contributed by atoms with E-state index in [0.29, 0.717) is 30.0 Å². The van der Waals surface area contributed by atoms with Crippen molar-refractivity contribution in [2.45, 2.75) is 19.0 Å². The van der Waals surface area contributed by atoms with Gasteiger partial charge in [0, 0.05) is 12.6 Å². The molecular formula is C21H31IN4O2. The van der Waals surface area contributed by atoms with Crippen LogP contribution in [0.25, 0.3) is 0 Å². The maximum absolute atomic E-state index is 6.05. The van der Waals surface area contributed by atoms with Crippen molar-refractivity contribution in [2.24, 2.45) is 10.7 Å². The summed E-state index contributed by atoms with van der Waals surface area (Å²) in [6.45, 7) is 1.20. The Morgan fingerprint density at radius 3 is 2.32 bits per heavy atom. The van der Waals surface area contributed by atoms with Gasteiger partial charge in [0.1, 0.15) is 0 Å². The summed E-state index contributed by atoms with van der Waals surface area (Å²) in [5.74, 6) is 1.82. The first-order chi connectivity index (χ1) is 13.0. The van der Waals surface area contributed by atoms with Gasteiger partial charge < -0.3 is 25.4 Å². The summed E-state index contributed by atoms with van der Waals surface area (Å²) in [7, 11) is 7.39. The van der Waals surface area contributed by atoms with Crippen LogP contribution in [0, 0.1) is 0 Å². The number of benzene rings is 2. The van der Waals surface area contributed by atoms with Crippen molar-refractivity contribution in [3.05, 3.63) is 59.7 Å². The van der Waals surface area contributed by atoms with Gasteiger partial charge in [0.15, 0.2) is 17.5 Å². The molecule has 0 aliphatic heterocycles. The monoisotopic (exact) mass is 498 g/mol. The minimum Gasteiger partial charge on any atom is -0.493 e. The molecule has 1 unspecified atom stereocenters. The van der Waals surface area contributed by atoms with Gasteiger partial charge >= 0.3 is 0 Å². The van der Waals surface area contributed by atoms with E-state index in [9.17, 15) is 0 Å². The van der Waals surface area contributed by atoms with Crippen LogP contribution in [-0.4, -0.2) is 51.8 Å². The van der Waals surface area contributed by atoms with Crippen LogP contribution in [0.4, 0.5) is 0 Å². The quantitative estimate of drug-likeness (QED) is 0.316. The van der Waals surface area contributed by atoms with Gasteiger partial charge in [-0.05, 0) is 43.8 Å². The lowest BCUT2D eigenvalue weighted by molar-refractivity contribution is 0.290. The van der Waals surface area contributed by atoms with E-state index in [1.165, 1.54) is 5.56 Å². The summed E-state index contributed by atoms with van der Waals surface area (Å²) in [6, 6.07) is 16.5. The molecule has 2 aromatic carbocycles. The highest BCUT2D eigenvalue weighted by Crippen LogP contribution is 2.27. The van der Waals surface area contributed by atoms with E-state index in [4.69, 9.17) is 15.2 Å². The molecule has 2 aromatic rings. The standard InChI is InChI=1S/C21H30N4O2.HI/c1-25(2)18(12-16-8-6-5-7-9-16)15-24-21(22)23-14-17-10-11-19(26-3)20(13-17)27-4;/h5-11,13,18H,12,14-15H2,1-4H3,(H3,22,23,24);1H. The predicted octanol–water partition coefficient (Wildman–Crippen LogP) is 2.90. The maximum Gasteiger partial charge on any atom is 0.188 e. The van der Waals surface area contributed by atoms with Crippen molar-refractivity contribution in [3.8, 4) is 11.5 Å². The number of likely N-dealkylation sites (N-methyl/N-ethyl adjacent to an activating group) is 1. The van der Waals surface area contributed by atoms with Crippen LogP contribution in [0.1, 0.15) is 11.1 Å². The second kappa shape index (κ2) is 12.5. The third-order valence-corrected chi connectivity index (χ3v) is 4.44. The topological polar surface area (TPSA) is 72.1 Å². The molecule has 6 nitrogen and oxygen atoms in total. The van der Waals surface area contributed by atoms with Gasteiger partial charge in [0.05, 0.1) is 20.8 Å². The van der Waals surface area contributed by atoms with Crippen LogP contribution in [0.15, 0.2) is 53.5 Å². The fraction of sp³-hybridized carbons (Fsp3) is 0.381. The molecular weight excluding hydrogens is 467 g/mol. The van der Waals surface area contributed by atoms with Crippen LogP contribution in [0.5, 0.6) is 11.5 Å². The molecule has 28 heavy (non-hydrogen) atoms. The molecule has 0 aliphatic carbocycles. The minimum absolute atomic E-state index is 0. The third kappa shape index (κ3) is 7.55. The molecule has 0 bridgehead atoms. The zero-order valence-electron chi connectivity index (χ0n) is 17.0. The Balaban J connectivity index is 0.00000392. The van der Waals surface area contributed by atoms with E-state index in [1.807, 2.05) is 24.3 Å². The van der Waals surface area contributed by atoms with E-state index >= 15 is 0 Å². The number of rotatable bonds is 9. The Bertz CT molecular complexity index is 738. The Kier molecular flexibility index (Phi) is 10.7. The van der Waals surface area contributed by atoms with Gasteiger partial charge in [-0.1, -0.05) is 36.4 Å². The summed E-state index contributed by atoms with van der Waals surface area (Å²) in [6.07, 6.45) is 0.948. The molecule has 0 fully saturated rings. The van der Waals surface area contributed by atoms with E-state index < -0.39 is 0 Å². The molecule has 0 spiro atoms. The van der Waals surface area contributed by atoms with Gasteiger partial charge in [0.2, 0.25) is 0 Å². The summed E-state index contributed by atoms with van der Waals surface area (Å²) in [5.41, 5.74) is 8.36. The van der Waals surface area contributed by atoms with E-state index in [0.717, 1.165) is 18.5 Å². The zero-order chi connectivity index (χ0) is 19.6. The number of aliphatic imine (C=N–C) groups is 1. The Labute approximate surface area is 185 Å². The van der Waals surface area contributed by atoms with Crippen LogP contribution in [0.3, 0.4) is 0 Å². The third-order valence-electron chi connectivity index (χ3n) is 4.44. The van der Waals surface area contributed by atoms with Crippen molar-refractivity contribution >= 4 is 29.9 Å². The first kappa shape index (κ1) is 24.0. The van der Waals surface area contributed by atoms with E-state index in [-0.39, 0.29) is 24.0 Å². The van der Waals surface area contributed by atoms with Crippen LogP contribution >= 0.6 is 24.0 Å². The summed E-state index contributed by atoms with van der Waals surface area (Å²) in [4.78, 5) is 6.63. The van der Waals surface area contributed by atoms with Crippen molar-refractivity contribution in [2.75, 3.05) is 34.9 Å². The minimum atomic E-state index is 0. The lowest BCUT2D eigenvalue weighted by atomic mass is 10.1. The summed E-state index contributed by atoms with van der Waals surface area (Å²) in [5, 5.41) is 3.24. The lowest BCUT2D eigenvalue weighted by Gasteiger charge is -2.25. The number of hydrogen-bond donors (Lipinski definition) is 2. The van der Waals surface area contributed by atoms with Gasteiger partial charge in [-0.2, -0.15) is 0 Å². The maximum atomic E-state index is 6.05. The molecule has 154 valence electrons. The van der Waals surface area contributed by atoms with Crippen molar-refractivity contribution < 1.29 is 9.47 Å². The van der Waals surface area contributed by atoms with Gasteiger partial charge in [-0.25, -0.2) is 4.99 Å². The number of nitrogens with one attached hydrogen (secondary N) is 1. The van der Waals surface area contributed by atoms with Crippen molar-refractivity contribution in [1.82, 2.24) is 10.2 Å². The fourth-order valence-electron chi connectivity index (χ4n) is 2.76. The smallest absolute Gasteiger partial charge is 0.188 e. The van der Waals surface area contributed by atoms with E-state index in [2.05, 4.69) is 53.6 Å². The van der Waals surface area contributed by atoms with Crippen LogP contribution in [-0.2, 0) is 13.0 Å². The number of methoxy groups -OCH3 is 2. The highest BCUT2D eigenvalue weighted by atomic mass is 127. The number of hydrogen-bond acceptors (Lipinski definition) is 4. The van der Waals surface area contributed by atoms with Crippen LogP contribution in [0.2, 0.25) is 0 Å². The number of ether oxygens (including phenoxy) is 2. The molecule has 2 rings (SSSR count). The Morgan fingerprint density at radius 1 is 1.04 bits per heavy atom. The molecule has 3 N–H and O–H groups in total. The van der Waals surface area contributed by atoms with E-state index in [1.54, 1.807) is 14.2 Å². The summed E-state index contributed by atoms with van der Waals surface area (Å²) >= 11 is 0. The molecule has 0 aromatic heterocycles. The second-order valence-electron chi connectivity index (χ2n) is 6.58. The average molecular weight is 498 g/mol. The molecule has 7 heteroatoms. The predicted molar refractivity (Wildman–Crippen MR) is 126 cm³/mol. The molecule has 0 aliphatic rings. The van der Waals surface area contributed by atoms with Crippen LogP contribution < -0.4 is 20.5 Å². The molecule has 0 radical (unpaired) electrons. The lowest BCUT2D eigenvalue weighted by Crippen LogP contribution is -2.44. The Morgan fingerprint density at radius 2 is 1.71 bits per heavy atom. The highest BCUT2D eigenvalue weighted by molar-refractivity contribution is 14.0. The molecule has 0 saturated carbocycles. The highest BCUT2D eigenvalue weighted by Gasteiger charge is 2.12. The van der Waals surface area contributed by atoms with Crippen molar-refractivity contribution in [1.29, 1.82) is 0 Å². The number of nitrogens with zero attached hydrogens (tertiary/aromatic N) is 2. The average Bonchev–Trinajstić information content (AvgIpc) is 2.69. The van der Waals surface area contributed by atoms with Gasteiger partial charge in [-0.3, -0.25) is 0 Å². The largest absolute Gasteiger partial charge is 0.493 e. The first-order valence-electron chi connectivity index (χ1n) is 8.98. The second-order valence-corrected chi connectivity index (χ2v) is 6.58. The van der Waals surface area contributed by atoms with Crippen molar-refractivity contribution in [3.63, 3.8) is 0 Å². The van der Waals surface area contributed by atoms with Gasteiger partial charge in [0.25, 0.3) is 0 Å². The summed E-state index contributed by atoms with van der Waals surface area (Å²) < 4.78 is 10.6. The molecule has 0 heterocycles. The Hall–Kier alpha value is -2.00. The first-order valence-corrected chi connectivity index (χ1v) is 8.98. The normalized spacial score (nSPS) is 12.2.